The van der Waals surface area contributed by atoms with Gasteiger partial charge >= 0.3 is 0 Å². The van der Waals surface area contributed by atoms with Crippen LogP contribution in [0.1, 0.15) is 74.1 Å². The van der Waals surface area contributed by atoms with Gasteiger partial charge in [-0.25, -0.2) is 0 Å². The summed E-state index contributed by atoms with van der Waals surface area (Å²) in [6.45, 7) is 16.2. The lowest BCUT2D eigenvalue weighted by atomic mass is 9.78. The van der Waals surface area contributed by atoms with Crippen molar-refractivity contribution < 1.29 is 4.74 Å². The summed E-state index contributed by atoms with van der Waals surface area (Å²) in [6.07, 6.45) is 5.43. The van der Waals surface area contributed by atoms with Crippen LogP contribution in [0.25, 0.3) is 0 Å². The molecule has 0 bridgehead atoms. The smallest absolute Gasteiger partial charge is 0.0925 e. The Morgan fingerprint density at radius 1 is 1.12 bits per heavy atom. The molecule has 0 spiro atoms. The molecule has 2 unspecified atom stereocenters. The van der Waals surface area contributed by atoms with Crippen molar-refractivity contribution in [2.24, 2.45) is 10.8 Å². The molecule has 0 aromatic rings. The first kappa shape index (κ1) is 14.0. The van der Waals surface area contributed by atoms with Gasteiger partial charge < -0.3 is 4.74 Å². The second kappa shape index (κ2) is 4.33. The van der Waals surface area contributed by atoms with E-state index in [2.05, 4.69) is 48.5 Å². The summed E-state index contributed by atoms with van der Waals surface area (Å²) < 4.78 is 5.94. The van der Waals surface area contributed by atoms with Crippen LogP contribution in [0.5, 0.6) is 0 Å². The molecule has 0 amide bonds. The van der Waals surface area contributed by atoms with Crippen molar-refractivity contribution in [2.45, 2.75) is 85.9 Å². The minimum absolute atomic E-state index is 0.171. The Kier molecular flexibility index (Phi) is 3.79. The summed E-state index contributed by atoms with van der Waals surface area (Å²) in [5.74, 6) is 0. The number of ether oxygens (including phenoxy) is 1. The van der Waals surface area contributed by atoms with Gasteiger partial charge in [-0.3, -0.25) is 0 Å². The molecule has 1 aliphatic heterocycles. The van der Waals surface area contributed by atoms with E-state index < -0.39 is 0 Å². The Bertz CT molecular complexity index is 236. The van der Waals surface area contributed by atoms with Gasteiger partial charge in [0.05, 0.1) is 11.7 Å². The molecule has 1 heteroatoms. The van der Waals surface area contributed by atoms with Crippen molar-refractivity contribution in [3.05, 3.63) is 0 Å². The van der Waals surface area contributed by atoms with E-state index in [-0.39, 0.29) is 5.60 Å². The molecule has 0 aromatic heterocycles. The molecule has 0 N–H and O–H groups in total. The Morgan fingerprint density at radius 2 is 1.69 bits per heavy atom. The highest BCUT2D eigenvalue weighted by Crippen LogP contribution is 2.48. The standard InChI is InChI=1S/C15H30O/c1-8-14(5,6)11-15(7)12(16-15)9-10-13(2,3)4/h12H,8-11H2,1-7H3. The van der Waals surface area contributed by atoms with Gasteiger partial charge in [0, 0.05) is 0 Å². The molecule has 16 heavy (non-hydrogen) atoms. The van der Waals surface area contributed by atoms with E-state index >= 15 is 0 Å². The molecule has 1 aliphatic rings. The van der Waals surface area contributed by atoms with Crippen molar-refractivity contribution in [2.75, 3.05) is 0 Å². The van der Waals surface area contributed by atoms with Crippen LogP contribution in [0.2, 0.25) is 0 Å². The van der Waals surface area contributed by atoms with Gasteiger partial charge in [0.2, 0.25) is 0 Å². The molecular weight excluding hydrogens is 196 g/mol. The van der Waals surface area contributed by atoms with Crippen molar-refractivity contribution in [1.82, 2.24) is 0 Å². The van der Waals surface area contributed by atoms with Crippen LogP contribution in [0.15, 0.2) is 0 Å². The minimum Gasteiger partial charge on any atom is -0.366 e. The van der Waals surface area contributed by atoms with E-state index in [9.17, 15) is 0 Å². The first-order valence-corrected chi connectivity index (χ1v) is 6.76. The summed E-state index contributed by atoms with van der Waals surface area (Å²) in [5, 5.41) is 0. The lowest BCUT2D eigenvalue weighted by Gasteiger charge is -2.25. The lowest BCUT2D eigenvalue weighted by molar-refractivity contribution is 0.207. The molecule has 0 aromatic carbocycles. The number of hydrogen-bond donors (Lipinski definition) is 0. The predicted octanol–water partition coefficient (Wildman–Crippen LogP) is 4.80. The van der Waals surface area contributed by atoms with Gasteiger partial charge in [0.1, 0.15) is 0 Å². The van der Waals surface area contributed by atoms with Gasteiger partial charge in [0.25, 0.3) is 0 Å². The third-order valence-corrected chi connectivity index (χ3v) is 3.98. The SMILES string of the molecule is CCC(C)(C)CC1(C)OC1CCC(C)(C)C. The maximum absolute atomic E-state index is 5.94. The quantitative estimate of drug-likeness (QED) is 0.614. The van der Waals surface area contributed by atoms with Gasteiger partial charge in [-0.05, 0) is 37.0 Å². The highest BCUT2D eigenvalue weighted by Gasteiger charge is 2.53. The normalized spacial score (nSPS) is 30.6. The third kappa shape index (κ3) is 4.08. The zero-order chi connectivity index (χ0) is 12.6. The van der Waals surface area contributed by atoms with Crippen molar-refractivity contribution in [1.29, 1.82) is 0 Å². The van der Waals surface area contributed by atoms with Crippen LogP contribution in [0.4, 0.5) is 0 Å². The Balaban J connectivity index is 2.36. The van der Waals surface area contributed by atoms with E-state index in [1.54, 1.807) is 0 Å². The average molecular weight is 226 g/mol. The molecule has 1 rings (SSSR count). The Hall–Kier alpha value is -0.0400. The average Bonchev–Trinajstić information content (AvgIpc) is 2.71. The molecular formula is C15H30O. The molecule has 2 atom stereocenters. The van der Waals surface area contributed by atoms with Crippen LogP contribution < -0.4 is 0 Å². The number of hydrogen-bond acceptors (Lipinski definition) is 1. The highest BCUT2D eigenvalue weighted by atomic mass is 16.6. The topological polar surface area (TPSA) is 12.5 Å². The zero-order valence-corrected chi connectivity index (χ0v) is 12.3. The van der Waals surface area contributed by atoms with Crippen molar-refractivity contribution in [3.63, 3.8) is 0 Å². The molecule has 1 nitrogen and oxygen atoms in total. The van der Waals surface area contributed by atoms with E-state index in [1.807, 2.05) is 0 Å². The minimum atomic E-state index is 0.171. The fourth-order valence-corrected chi connectivity index (χ4v) is 2.45. The van der Waals surface area contributed by atoms with Crippen LogP contribution in [-0.2, 0) is 4.74 Å². The summed E-state index contributed by atoms with van der Waals surface area (Å²) in [7, 11) is 0. The summed E-state index contributed by atoms with van der Waals surface area (Å²) in [6, 6.07) is 0. The maximum atomic E-state index is 5.94. The maximum Gasteiger partial charge on any atom is 0.0925 e. The second-order valence-corrected chi connectivity index (χ2v) is 7.71. The molecule has 96 valence electrons. The number of epoxide rings is 1. The van der Waals surface area contributed by atoms with Gasteiger partial charge in [-0.2, -0.15) is 0 Å². The summed E-state index contributed by atoms with van der Waals surface area (Å²) in [5.41, 5.74) is 1.03. The van der Waals surface area contributed by atoms with Gasteiger partial charge in [-0.15, -0.1) is 0 Å². The predicted molar refractivity (Wildman–Crippen MR) is 70.7 cm³/mol. The van der Waals surface area contributed by atoms with Crippen LogP contribution >= 0.6 is 0 Å². The fourth-order valence-electron chi connectivity index (χ4n) is 2.45. The van der Waals surface area contributed by atoms with Gasteiger partial charge in [0.15, 0.2) is 0 Å². The molecule has 0 radical (unpaired) electrons. The molecule has 1 fully saturated rings. The molecule has 1 saturated heterocycles. The molecule has 0 aliphatic carbocycles. The van der Waals surface area contributed by atoms with Crippen molar-refractivity contribution in [3.8, 4) is 0 Å². The largest absolute Gasteiger partial charge is 0.366 e. The van der Waals surface area contributed by atoms with E-state index in [4.69, 9.17) is 4.74 Å². The fraction of sp³-hybridized carbons (Fsp3) is 1.00. The van der Waals surface area contributed by atoms with Crippen LogP contribution in [0.3, 0.4) is 0 Å². The summed E-state index contributed by atoms with van der Waals surface area (Å²) in [4.78, 5) is 0. The first-order chi connectivity index (χ1) is 7.08. The van der Waals surface area contributed by atoms with E-state index in [1.165, 1.54) is 25.7 Å². The number of rotatable bonds is 5. The molecule has 1 heterocycles. The van der Waals surface area contributed by atoms with Crippen molar-refractivity contribution >= 4 is 0 Å². The van der Waals surface area contributed by atoms with E-state index in [0.29, 0.717) is 16.9 Å². The summed E-state index contributed by atoms with van der Waals surface area (Å²) >= 11 is 0. The van der Waals surface area contributed by atoms with Crippen LogP contribution in [-0.4, -0.2) is 11.7 Å². The molecule has 0 saturated carbocycles. The Labute approximate surface area is 102 Å². The zero-order valence-electron chi connectivity index (χ0n) is 12.3. The van der Waals surface area contributed by atoms with E-state index in [0.717, 1.165) is 0 Å². The first-order valence-electron chi connectivity index (χ1n) is 6.76. The van der Waals surface area contributed by atoms with Crippen LogP contribution in [0, 0.1) is 10.8 Å². The third-order valence-electron chi connectivity index (χ3n) is 3.98. The van der Waals surface area contributed by atoms with Gasteiger partial charge in [-0.1, -0.05) is 48.0 Å². The monoisotopic (exact) mass is 226 g/mol. The lowest BCUT2D eigenvalue weighted by Crippen LogP contribution is -2.22. The Morgan fingerprint density at radius 3 is 2.12 bits per heavy atom. The second-order valence-electron chi connectivity index (χ2n) is 7.71. The highest BCUT2D eigenvalue weighted by molar-refractivity contribution is 5.01.